The first-order valence-corrected chi connectivity index (χ1v) is 6.36. The highest BCUT2D eigenvalue weighted by atomic mass is 35.5. The molecule has 0 saturated carbocycles. The minimum absolute atomic E-state index is 0.363. The molecule has 0 aromatic heterocycles. The lowest BCUT2D eigenvalue weighted by Crippen LogP contribution is -2.05. The van der Waals surface area contributed by atoms with Crippen LogP contribution in [-0.2, 0) is 13.2 Å². The first-order chi connectivity index (χ1) is 9.26. The average Bonchev–Trinajstić information content (AvgIpc) is 2.45. The molecule has 0 fully saturated rings. The number of methoxy groups -OCH3 is 1. The van der Waals surface area contributed by atoms with E-state index in [0.29, 0.717) is 18.2 Å². The minimum atomic E-state index is 0.363. The van der Waals surface area contributed by atoms with Gasteiger partial charge in [-0.3, -0.25) is 0 Å². The Morgan fingerprint density at radius 1 is 1.05 bits per heavy atom. The fourth-order valence-corrected chi connectivity index (χ4v) is 2.03. The topological polar surface area (TPSA) is 44.5 Å². The number of benzene rings is 2. The maximum atomic E-state index is 6.09. The number of rotatable bonds is 5. The molecule has 0 heterocycles. The van der Waals surface area contributed by atoms with Gasteiger partial charge in [0.25, 0.3) is 0 Å². The zero-order valence-corrected chi connectivity index (χ0v) is 11.5. The Morgan fingerprint density at radius 3 is 2.47 bits per heavy atom. The molecule has 2 aromatic rings. The van der Waals surface area contributed by atoms with Gasteiger partial charge in [-0.15, -0.1) is 0 Å². The van der Waals surface area contributed by atoms with E-state index in [-0.39, 0.29) is 0 Å². The summed E-state index contributed by atoms with van der Waals surface area (Å²) in [4.78, 5) is 0. The Morgan fingerprint density at radius 2 is 1.79 bits per heavy atom. The summed E-state index contributed by atoms with van der Waals surface area (Å²) in [7, 11) is 1.62. The van der Waals surface area contributed by atoms with Crippen molar-refractivity contribution < 1.29 is 9.47 Å². The first-order valence-electron chi connectivity index (χ1n) is 5.98. The van der Waals surface area contributed by atoms with E-state index in [2.05, 4.69) is 0 Å². The highest BCUT2D eigenvalue weighted by molar-refractivity contribution is 6.31. The van der Waals surface area contributed by atoms with Gasteiger partial charge in [0, 0.05) is 22.7 Å². The van der Waals surface area contributed by atoms with Crippen LogP contribution in [0, 0.1) is 0 Å². The van der Waals surface area contributed by atoms with Crippen molar-refractivity contribution in [2.45, 2.75) is 13.2 Å². The molecule has 0 saturated heterocycles. The van der Waals surface area contributed by atoms with Crippen LogP contribution in [0.25, 0.3) is 0 Å². The number of ether oxygens (including phenoxy) is 2. The van der Waals surface area contributed by atoms with E-state index >= 15 is 0 Å². The van der Waals surface area contributed by atoms with Crippen LogP contribution in [0.1, 0.15) is 11.1 Å². The number of nitrogens with two attached hydrogens (primary N) is 1. The molecule has 2 rings (SSSR count). The van der Waals surface area contributed by atoms with Crippen LogP contribution in [0.5, 0.6) is 11.5 Å². The standard InChI is InChI=1S/C15H16ClNO2/c1-18-14-7-4-8-15(12(14)9-17)19-10-11-5-2-3-6-13(11)16/h2-8H,9-10,17H2,1H3. The van der Waals surface area contributed by atoms with Crippen LogP contribution in [0.2, 0.25) is 5.02 Å². The van der Waals surface area contributed by atoms with E-state index < -0.39 is 0 Å². The molecular formula is C15H16ClNO2. The maximum absolute atomic E-state index is 6.09. The van der Waals surface area contributed by atoms with Crippen LogP contribution >= 0.6 is 11.6 Å². The largest absolute Gasteiger partial charge is 0.496 e. The summed E-state index contributed by atoms with van der Waals surface area (Å²) in [6.07, 6.45) is 0. The molecule has 0 aliphatic carbocycles. The molecule has 4 heteroatoms. The van der Waals surface area contributed by atoms with Crippen LogP contribution < -0.4 is 15.2 Å². The van der Waals surface area contributed by atoms with Crippen molar-refractivity contribution in [2.24, 2.45) is 5.73 Å². The fraction of sp³-hybridized carbons (Fsp3) is 0.200. The Hall–Kier alpha value is -1.71. The molecule has 0 bridgehead atoms. The molecule has 0 spiro atoms. The normalized spacial score (nSPS) is 10.3. The van der Waals surface area contributed by atoms with Crippen LogP contribution in [0.4, 0.5) is 0 Å². The van der Waals surface area contributed by atoms with Crippen molar-refractivity contribution in [1.82, 2.24) is 0 Å². The van der Waals surface area contributed by atoms with Gasteiger partial charge >= 0.3 is 0 Å². The van der Waals surface area contributed by atoms with E-state index in [0.717, 1.165) is 22.6 Å². The molecule has 3 nitrogen and oxygen atoms in total. The van der Waals surface area contributed by atoms with Crippen molar-refractivity contribution in [2.75, 3.05) is 7.11 Å². The van der Waals surface area contributed by atoms with Gasteiger partial charge in [0.15, 0.2) is 0 Å². The Balaban J connectivity index is 2.18. The highest BCUT2D eigenvalue weighted by Crippen LogP contribution is 2.29. The molecule has 100 valence electrons. The summed E-state index contributed by atoms with van der Waals surface area (Å²) in [5, 5.41) is 0.694. The van der Waals surface area contributed by atoms with E-state index in [1.807, 2.05) is 42.5 Å². The van der Waals surface area contributed by atoms with Gasteiger partial charge in [-0.05, 0) is 18.2 Å². The third-order valence-electron chi connectivity index (χ3n) is 2.86. The summed E-state index contributed by atoms with van der Waals surface area (Å²) >= 11 is 6.09. The summed E-state index contributed by atoms with van der Waals surface area (Å²) in [5.74, 6) is 1.46. The van der Waals surface area contributed by atoms with Crippen LogP contribution in [0.15, 0.2) is 42.5 Å². The van der Waals surface area contributed by atoms with Gasteiger partial charge in [0.2, 0.25) is 0 Å². The van der Waals surface area contributed by atoms with E-state index in [1.54, 1.807) is 7.11 Å². The van der Waals surface area contributed by atoms with E-state index in [9.17, 15) is 0 Å². The molecule has 0 amide bonds. The summed E-state index contributed by atoms with van der Waals surface area (Å²) in [5.41, 5.74) is 7.54. The Bertz CT molecular complexity index is 558. The Kier molecular flexibility index (Phi) is 4.66. The molecule has 0 aliphatic rings. The van der Waals surface area contributed by atoms with Gasteiger partial charge < -0.3 is 15.2 Å². The van der Waals surface area contributed by atoms with Crippen LogP contribution in [0.3, 0.4) is 0 Å². The van der Waals surface area contributed by atoms with Gasteiger partial charge in [-0.2, -0.15) is 0 Å². The fourth-order valence-electron chi connectivity index (χ4n) is 1.84. The van der Waals surface area contributed by atoms with Crippen LogP contribution in [-0.4, -0.2) is 7.11 Å². The number of hydrogen-bond acceptors (Lipinski definition) is 3. The summed E-state index contributed by atoms with van der Waals surface area (Å²) in [6, 6.07) is 13.2. The second-order valence-corrected chi connectivity index (χ2v) is 4.43. The highest BCUT2D eigenvalue weighted by Gasteiger charge is 2.09. The lowest BCUT2D eigenvalue weighted by atomic mass is 10.1. The van der Waals surface area contributed by atoms with Crippen molar-refractivity contribution in [3.63, 3.8) is 0 Å². The van der Waals surface area contributed by atoms with Crippen molar-refractivity contribution in [1.29, 1.82) is 0 Å². The zero-order valence-electron chi connectivity index (χ0n) is 10.7. The third kappa shape index (κ3) is 3.19. The summed E-state index contributed by atoms with van der Waals surface area (Å²) < 4.78 is 11.1. The smallest absolute Gasteiger partial charge is 0.128 e. The second-order valence-electron chi connectivity index (χ2n) is 4.02. The van der Waals surface area contributed by atoms with Crippen molar-refractivity contribution >= 4 is 11.6 Å². The lowest BCUT2D eigenvalue weighted by molar-refractivity contribution is 0.299. The molecule has 2 aromatic carbocycles. The molecule has 0 atom stereocenters. The molecule has 0 aliphatic heterocycles. The summed E-state index contributed by atoms with van der Waals surface area (Å²) in [6.45, 7) is 0.766. The molecule has 2 N–H and O–H groups in total. The predicted molar refractivity (Wildman–Crippen MR) is 76.7 cm³/mol. The SMILES string of the molecule is COc1cccc(OCc2ccccc2Cl)c1CN. The predicted octanol–water partition coefficient (Wildman–Crippen LogP) is 3.39. The van der Waals surface area contributed by atoms with Gasteiger partial charge in [0.1, 0.15) is 18.1 Å². The van der Waals surface area contributed by atoms with Crippen molar-refractivity contribution in [3.8, 4) is 11.5 Å². The van der Waals surface area contributed by atoms with Gasteiger partial charge in [-0.1, -0.05) is 35.9 Å². The Labute approximate surface area is 117 Å². The second kappa shape index (κ2) is 6.45. The average molecular weight is 278 g/mol. The molecule has 0 radical (unpaired) electrons. The minimum Gasteiger partial charge on any atom is -0.496 e. The van der Waals surface area contributed by atoms with E-state index in [1.165, 1.54) is 0 Å². The lowest BCUT2D eigenvalue weighted by Gasteiger charge is -2.14. The molecular weight excluding hydrogens is 262 g/mol. The maximum Gasteiger partial charge on any atom is 0.128 e. The quantitative estimate of drug-likeness (QED) is 0.911. The van der Waals surface area contributed by atoms with Gasteiger partial charge in [0.05, 0.1) is 7.11 Å². The van der Waals surface area contributed by atoms with E-state index in [4.69, 9.17) is 26.8 Å². The number of hydrogen-bond donors (Lipinski definition) is 1. The molecule has 19 heavy (non-hydrogen) atoms. The number of halogens is 1. The first kappa shape index (κ1) is 13.7. The van der Waals surface area contributed by atoms with Gasteiger partial charge in [-0.25, -0.2) is 0 Å². The third-order valence-corrected chi connectivity index (χ3v) is 3.22. The zero-order chi connectivity index (χ0) is 13.7. The van der Waals surface area contributed by atoms with Crippen molar-refractivity contribution in [3.05, 3.63) is 58.6 Å². The molecule has 0 unspecified atom stereocenters. The monoisotopic (exact) mass is 277 g/mol.